The average Bonchev–Trinajstić information content (AvgIpc) is 2.65. The van der Waals surface area contributed by atoms with E-state index in [4.69, 9.17) is 5.26 Å². The summed E-state index contributed by atoms with van der Waals surface area (Å²) in [5.74, 6) is 0.715. The number of hydrogen-bond acceptors (Lipinski definition) is 3. The molecule has 0 spiro atoms. The molecule has 5 heteroatoms. The van der Waals surface area contributed by atoms with Crippen LogP contribution in [-0.4, -0.2) is 14.8 Å². The maximum absolute atomic E-state index is 8.59. The molecule has 0 unspecified atom stereocenters. The van der Waals surface area contributed by atoms with Crippen molar-refractivity contribution in [3.8, 4) is 11.9 Å². The molecule has 0 N–H and O–H groups in total. The number of nitrogens with zero attached hydrogens (tertiary/aromatic N) is 4. The van der Waals surface area contributed by atoms with E-state index in [1.807, 2.05) is 12.3 Å². The minimum Gasteiger partial charge on any atom is -0.236 e. The number of hydrogen-bond donors (Lipinski definition) is 0. The van der Waals surface area contributed by atoms with Crippen molar-refractivity contribution in [3.05, 3.63) is 39.9 Å². The van der Waals surface area contributed by atoms with Gasteiger partial charge >= 0.3 is 0 Å². The third kappa shape index (κ3) is 1.75. The van der Waals surface area contributed by atoms with E-state index >= 15 is 0 Å². The molecule has 0 fully saturated rings. The van der Waals surface area contributed by atoms with Gasteiger partial charge in [-0.25, -0.2) is 9.67 Å². The molecule has 0 bridgehead atoms. The Kier molecular flexibility index (Phi) is 2.45. The largest absolute Gasteiger partial charge is 0.236 e. The predicted octanol–water partition coefficient (Wildman–Crippen LogP) is 1.74. The molecular formula is C9H5IN4. The van der Waals surface area contributed by atoms with Crippen molar-refractivity contribution in [2.45, 2.75) is 0 Å². The second-order valence-corrected chi connectivity index (χ2v) is 3.87. The van der Waals surface area contributed by atoms with Gasteiger partial charge in [0.25, 0.3) is 0 Å². The number of aromatic nitrogens is 3. The van der Waals surface area contributed by atoms with E-state index in [0.29, 0.717) is 11.4 Å². The lowest BCUT2D eigenvalue weighted by atomic mass is 10.3. The molecule has 0 aliphatic heterocycles. The van der Waals surface area contributed by atoms with Crippen molar-refractivity contribution < 1.29 is 0 Å². The van der Waals surface area contributed by atoms with Crippen LogP contribution >= 0.6 is 22.6 Å². The molecule has 0 atom stereocenters. The summed E-state index contributed by atoms with van der Waals surface area (Å²) in [4.78, 5) is 4.11. The molecular weight excluding hydrogens is 291 g/mol. The highest BCUT2D eigenvalue weighted by Gasteiger charge is 1.99. The minimum absolute atomic E-state index is 0.551. The quantitative estimate of drug-likeness (QED) is 0.753. The van der Waals surface area contributed by atoms with Gasteiger partial charge in [0, 0.05) is 12.4 Å². The van der Waals surface area contributed by atoms with Crippen LogP contribution in [0.3, 0.4) is 0 Å². The molecule has 2 aromatic heterocycles. The maximum atomic E-state index is 8.59. The highest BCUT2D eigenvalue weighted by atomic mass is 127. The molecule has 2 heterocycles. The molecule has 0 aliphatic rings. The van der Waals surface area contributed by atoms with Gasteiger partial charge in [-0.15, -0.1) is 0 Å². The smallest absolute Gasteiger partial charge is 0.153 e. The topological polar surface area (TPSA) is 54.5 Å². The van der Waals surface area contributed by atoms with Gasteiger partial charge in [0.2, 0.25) is 0 Å². The van der Waals surface area contributed by atoms with E-state index in [1.165, 1.54) is 6.20 Å². The molecule has 0 aromatic carbocycles. The highest BCUT2D eigenvalue weighted by Crippen LogP contribution is 2.07. The highest BCUT2D eigenvalue weighted by molar-refractivity contribution is 14.1. The second-order valence-electron chi connectivity index (χ2n) is 2.62. The third-order valence-corrected chi connectivity index (χ3v) is 2.22. The Bertz CT molecular complexity index is 480. The molecule has 0 amide bonds. The van der Waals surface area contributed by atoms with Crippen LogP contribution in [0.15, 0.2) is 30.7 Å². The van der Waals surface area contributed by atoms with Gasteiger partial charge in [-0.3, -0.25) is 0 Å². The van der Waals surface area contributed by atoms with Crippen LogP contribution in [0.5, 0.6) is 0 Å². The van der Waals surface area contributed by atoms with Crippen LogP contribution in [0.4, 0.5) is 0 Å². The van der Waals surface area contributed by atoms with E-state index in [-0.39, 0.29) is 0 Å². The van der Waals surface area contributed by atoms with Crippen molar-refractivity contribution >= 4 is 22.6 Å². The van der Waals surface area contributed by atoms with Crippen LogP contribution < -0.4 is 0 Å². The van der Waals surface area contributed by atoms with Gasteiger partial charge in [-0.2, -0.15) is 10.4 Å². The van der Waals surface area contributed by atoms with Crippen LogP contribution in [0.25, 0.3) is 5.82 Å². The van der Waals surface area contributed by atoms with Gasteiger partial charge in [0.15, 0.2) is 5.82 Å². The van der Waals surface area contributed by atoms with Gasteiger partial charge < -0.3 is 0 Å². The van der Waals surface area contributed by atoms with Crippen LogP contribution in [0, 0.1) is 14.9 Å². The Morgan fingerprint density at radius 1 is 1.36 bits per heavy atom. The standard InChI is InChI=1S/C9H5IN4/c10-8-5-13-14(6-8)9-2-1-7(3-11)4-12-9/h1-2,4-6H. The van der Waals surface area contributed by atoms with Gasteiger partial charge in [0.05, 0.1) is 15.3 Å². The van der Waals surface area contributed by atoms with Crippen LogP contribution in [-0.2, 0) is 0 Å². The summed E-state index contributed by atoms with van der Waals surface area (Å²) in [5, 5.41) is 12.7. The molecule has 14 heavy (non-hydrogen) atoms. The first-order chi connectivity index (χ1) is 6.79. The molecule has 4 nitrogen and oxygen atoms in total. The van der Waals surface area contributed by atoms with E-state index in [2.05, 4.69) is 32.7 Å². The van der Waals surface area contributed by atoms with Crippen molar-refractivity contribution in [2.75, 3.05) is 0 Å². The molecule has 68 valence electrons. The Labute approximate surface area is 94.3 Å². The third-order valence-electron chi connectivity index (χ3n) is 1.66. The van der Waals surface area contributed by atoms with E-state index < -0.39 is 0 Å². The average molecular weight is 296 g/mol. The van der Waals surface area contributed by atoms with Crippen molar-refractivity contribution in [2.24, 2.45) is 0 Å². The number of halogens is 1. The summed E-state index contributed by atoms with van der Waals surface area (Å²) in [6, 6.07) is 5.50. The predicted molar refractivity (Wildman–Crippen MR) is 58.8 cm³/mol. The number of rotatable bonds is 1. The fraction of sp³-hybridized carbons (Fsp3) is 0. The first-order valence-corrected chi connectivity index (χ1v) is 4.94. The Hall–Kier alpha value is -1.42. The molecule has 2 aromatic rings. The fourth-order valence-corrected chi connectivity index (χ4v) is 1.40. The van der Waals surface area contributed by atoms with Crippen molar-refractivity contribution in [1.29, 1.82) is 5.26 Å². The Morgan fingerprint density at radius 3 is 2.71 bits per heavy atom. The van der Waals surface area contributed by atoms with E-state index in [1.54, 1.807) is 23.0 Å². The first-order valence-electron chi connectivity index (χ1n) is 3.86. The van der Waals surface area contributed by atoms with Gasteiger partial charge in [0.1, 0.15) is 6.07 Å². The molecule has 0 saturated carbocycles. The maximum Gasteiger partial charge on any atom is 0.153 e. The first kappa shape index (κ1) is 9.15. The lowest BCUT2D eigenvalue weighted by Gasteiger charge is -1.98. The zero-order chi connectivity index (χ0) is 9.97. The minimum atomic E-state index is 0.551. The molecule has 2 rings (SSSR count). The van der Waals surface area contributed by atoms with Crippen LogP contribution in [0.1, 0.15) is 5.56 Å². The molecule has 0 aliphatic carbocycles. The normalized spacial score (nSPS) is 9.71. The van der Waals surface area contributed by atoms with Gasteiger partial charge in [-0.05, 0) is 34.7 Å². The fourth-order valence-electron chi connectivity index (χ4n) is 1.01. The van der Waals surface area contributed by atoms with Crippen molar-refractivity contribution in [3.63, 3.8) is 0 Å². The Morgan fingerprint density at radius 2 is 2.21 bits per heavy atom. The monoisotopic (exact) mass is 296 g/mol. The summed E-state index contributed by atoms with van der Waals surface area (Å²) in [5.41, 5.74) is 0.551. The summed E-state index contributed by atoms with van der Waals surface area (Å²) in [7, 11) is 0. The SMILES string of the molecule is N#Cc1ccc(-n2cc(I)cn2)nc1. The number of nitriles is 1. The zero-order valence-corrected chi connectivity index (χ0v) is 9.21. The summed E-state index contributed by atoms with van der Waals surface area (Å²) in [6.07, 6.45) is 5.15. The van der Waals surface area contributed by atoms with E-state index in [9.17, 15) is 0 Å². The molecule has 0 saturated heterocycles. The Balaban J connectivity index is 2.39. The second kappa shape index (κ2) is 3.75. The molecule has 0 radical (unpaired) electrons. The van der Waals surface area contributed by atoms with Crippen LogP contribution in [0.2, 0.25) is 0 Å². The summed E-state index contributed by atoms with van der Waals surface area (Å²) >= 11 is 2.18. The van der Waals surface area contributed by atoms with Gasteiger partial charge in [-0.1, -0.05) is 0 Å². The lowest BCUT2D eigenvalue weighted by Crippen LogP contribution is -1.97. The van der Waals surface area contributed by atoms with Crippen molar-refractivity contribution in [1.82, 2.24) is 14.8 Å². The zero-order valence-electron chi connectivity index (χ0n) is 7.05. The summed E-state index contributed by atoms with van der Waals surface area (Å²) < 4.78 is 2.72. The number of pyridine rings is 1. The van der Waals surface area contributed by atoms with E-state index in [0.717, 1.165) is 3.57 Å². The lowest BCUT2D eigenvalue weighted by molar-refractivity contribution is 0.846. The summed E-state index contributed by atoms with van der Waals surface area (Å²) in [6.45, 7) is 0.